The van der Waals surface area contributed by atoms with Crippen molar-refractivity contribution in [3.8, 4) is 45.6 Å². The summed E-state index contributed by atoms with van der Waals surface area (Å²) in [5.74, 6) is 3.54. The molecular weight excluding hydrogens is 893 g/mol. The van der Waals surface area contributed by atoms with Crippen LogP contribution in [-0.2, 0) is 0 Å². The molecule has 11 rings (SSSR count). The molecule has 0 bridgehead atoms. The number of fused-ring (bicyclic) bond motifs is 9. The number of para-hydroxylation sites is 2. The van der Waals surface area contributed by atoms with Crippen molar-refractivity contribution in [3.63, 3.8) is 0 Å². The Balaban J connectivity index is 1.13. The number of ether oxygens (including phenoxy) is 6. The van der Waals surface area contributed by atoms with Crippen molar-refractivity contribution < 1.29 is 28.4 Å². The first kappa shape index (κ1) is 45.6. The molecule has 0 N–H and O–H groups in total. The third kappa shape index (κ3) is 10.1. The van der Waals surface area contributed by atoms with E-state index in [2.05, 4.69) is 119 Å². The normalized spacial score (nSPS) is 13.0. The van der Waals surface area contributed by atoms with Crippen molar-refractivity contribution in [1.29, 1.82) is 0 Å². The zero-order valence-electron chi connectivity index (χ0n) is 39.7. The van der Waals surface area contributed by atoms with Crippen molar-refractivity contribution in [2.45, 2.75) is 25.0 Å². The van der Waals surface area contributed by atoms with Gasteiger partial charge in [-0.2, -0.15) is 0 Å². The summed E-state index contributed by atoms with van der Waals surface area (Å²) in [6, 6.07) is 77.6. The molecule has 354 valence electrons. The average molecular weight is 945 g/mol. The Hall–Kier alpha value is -8.88. The first-order chi connectivity index (χ1) is 35.7. The van der Waals surface area contributed by atoms with Crippen molar-refractivity contribution in [2.75, 3.05) is 26.4 Å². The quantitative estimate of drug-likeness (QED) is 0.151. The first-order valence-corrected chi connectivity index (χ1v) is 24.5. The lowest BCUT2D eigenvalue weighted by Crippen LogP contribution is -2.13. The molecular formula is C64H52N2O6. The molecule has 10 aromatic carbocycles. The Bertz CT molecular complexity index is 3130. The van der Waals surface area contributed by atoms with E-state index in [0.717, 1.165) is 54.9 Å². The molecule has 0 amide bonds. The minimum absolute atomic E-state index is 0.297. The van der Waals surface area contributed by atoms with Crippen molar-refractivity contribution >= 4 is 32.9 Å². The van der Waals surface area contributed by atoms with Gasteiger partial charge in [-0.05, 0) is 80.2 Å². The number of azo groups is 1. The van der Waals surface area contributed by atoms with Crippen LogP contribution in [0, 0.1) is 0 Å². The van der Waals surface area contributed by atoms with Crippen LogP contribution < -0.4 is 28.4 Å². The highest BCUT2D eigenvalue weighted by Crippen LogP contribution is 2.54. The van der Waals surface area contributed by atoms with E-state index in [0.29, 0.717) is 85.1 Å². The van der Waals surface area contributed by atoms with Gasteiger partial charge in [0.05, 0.1) is 26.4 Å². The monoisotopic (exact) mass is 944 g/mol. The zero-order valence-corrected chi connectivity index (χ0v) is 39.7. The lowest BCUT2D eigenvalue weighted by atomic mass is 9.91. The second-order valence-electron chi connectivity index (χ2n) is 17.5. The molecule has 10 aromatic rings. The molecule has 1 heterocycles. The molecule has 1 aliphatic rings. The number of rotatable bonds is 8. The Kier molecular flexibility index (Phi) is 13.8. The molecule has 0 spiro atoms. The highest BCUT2D eigenvalue weighted by molar-refractivity contribution is 6.11. The predicted molar refractivity (Wildman–Crippen MR) is 286 cm³/mol. The van der Waals surface area contributed by atoms with Crippen molar-refractivity contribution in [1.82, 2.24) is 0 Å². The third-order valence-corrected chi connectivity index (χ3v) is 12.7. The van der Waals surface area contributed by atoms with E-state index in [1.165, 1.54) is 0 Å². The van der Waals surface area contributed by atoms with E-state index in [9.17, 15) is 0 Å². The molecule has 8 heteroatoms. The fourth-order valence-corrected chi connectivity index (χ4v) is 9.25. The van der Waals surface area contributed by atoms with Gasteiger partial charge in [0, 0.05) is 24.0 Å². The van der Waals surface area contributed by atoms with Crippen molar-refractivity contribution in [2.24, 2.45) is 10.2 Å². The Morgan fingerprint density at radius 1 is 0.333 bits per heavy atom. The van der Waals surface area contributed by atoms with E-state index in [1.807, 2.05) is 121 Å². The molecule has 72 heavy (non-hydrogen) atoms. The smallest absolute Gasteiger partial charge is 0.169 e. The van der Waals surface area contributed by atoms with Crippen LogP contribution in [0.1, 0.15) is 47.3 Å². The number of hydrogen-bond acceptors (Lipinski definition) is 8. The Morgan fingerprint density at radius 2 is 0.653 bits per heavy atom. The lowest BCUT2D eigenvalue weighted by molar-refractivity contribution is 0.212. The predicted octanol–water partition coefficient (Wildman–Crippen LogP) is 16.4. The van der Waals surface area contributed by atoms with Gasteiger partial charge in [0.1, 0.15) is 35.1 Å². The molecule has 0 atom stereocenters. The molecule has 0 aliphatic carbocycles. The van der Waals surface area contributed by atoms with Crippen molar-refractivity contribution in [3.05, 3.63) is 253 Å². The second kappa shape index (κ2) is 21.8. The topological polar surface area (TPSA) is 80.1 Å². The van der Waals surface area contributed by atoms with Gasteiger partial charge in [-0.1, -0.05) is 194 Å². The number of nitrogens with zero attached hydrogens (tertiary/aromatic N) is 2. The van der Waals surface area contributed by atoms with Gasteiger partial charge in [-0.25, -0.2) is 0 Å². The van der Waals surface area contributed by atoms with E-state index < -0.39 is 12.2 Å². The summed E-state index contributed by atoms with van der Waals surface area (Å²) >= 11 is 0. The first-order valence-electron chi connectivity index (χ1n) is 24.5. The summed E-state index contributed by atoms with van der Waals surface area (Å²) in [6.07, 6.45) is 0.136. The van der Waals surface area contributed by atoms with Gasteiger partial charge < -0.3 is 28.4 Å². The van der Waals surface area contributed by atoms with Crippen LogP contribution >= 0.6 is 0 Å². The Labute approximate surface area is 419 Å². The van der Waals surface area contributed by atoms with Gasteiger partial charge in [0.2, 0.25) is 0 Å². The fraction of sp³-hybridized carbons (Fsp3) is 0.125. The van der Waals surface area contributed by atoms with Gasteiger partial charge in [0.25, 0.3) is 0 Å². The van der Waals surface area contributed by atoms with Gasteiger partial charge >= 0.3 is 0 Å². The fourth-order valence-electron chi connectivity index (χ4n) is 9.25. The molecule has 8 nitrogen and oxygen atoms in total. The molecule has 0 unspecified atom stereocenters. The number of hydrogen-bond donors (Lipinski definition) is 0. The van der Waals surface area contributed by atoms with Crippen LogP contribution in [0.2, 0.25) is 0 Å². The van der Waals surface area contributed by atoms with E-state index >= 15 is 0 Å². The van der Waals surface area contributed by atoms with Crippen LogP contribution in [0.4, 0.5) is 11.4 Å². The van der Waals surface area contributed by atoms with E-state index in [4.69, 9.17) is 28.4 Å². The molecule has 0 aromatic heterocycles. The summed E-state index contributed by atoms with van der Waals surface area (Å²) in [5, 5.41) is 13.1. The van der Waals surface area contributed by atoms with E-state index in [-0.39, 0.29) is 0 Å². The zero-order chi connectivity index (χ0) is 48.3. The van der Waals surface area contributed by atoms with Crippen LogP contribution in [-0.4, -0.2) is 26.4 Å². The largest absolute Gasteiger partial charge is 0.491 e. The summed E-state index contributed by atoms with van der Waals surface area (Å²) in [6.45, 7) is 1.30. The third-order valence-electron chi connectivity index (χ3n) is 12.7. The van der Waals surface area contributed by atoms with Crippen LogP contribution in [0.3, 0.4) is 0 Å². The summed E-state index contributed by atoms with van der Waals surface area (Å²) < 4.78 is 42.1. The van der Waals surface area contributed by atoms with Gasteiger partial charge in [-0.3, -0.25) is 0 Å². The highest BCUT2D eigenvalue weighted by atomic mass is 16.5. The molecule has 1 aliphatic heterocycles. The maximum absolute atomic E-state index is 7.40. The molecule has 0 radical (unpaired) electrons. The minimum atomic E-state index is -0.471. The maximum atomic E-state index is 7.40. The SMILES string of the molecule is c1ccc(C(Oc2cc3ccccc3c3c2OCCCOc2ccccc2N=Nc2ccccc2OCCCOc2c(OC(c4ccccc4)c4ccccc4)cc4ccccc4c2-3)c2ccccc2)cc1. The minimum Gasteiger partial charge on any atom is -0.491 e. The number of benzene rings is 10. The summed E-state index contributed by atoms with van der Waals surface area (Å²) in [5.41, 5.74) is 6.88. The summed E-state index contributed by atoms with van der Waals surface area (Å²) in [4.78, 5) is 0. The van der Waals surface area contributed by atoms with Gasteiger partial charge in [-0.15, -0.1) is 10.2 Å². The Morgan fingerprint density at radius 3 is 1.04 bits per heavy atom. The van der Waals surface area contributed by atoms with Crippen LogP contribution in [0.5, 0.6) is 34.5 Å². The van der Waals surface area contributed by atoms with E-state index in [1.54, 1.807) is 0 Å². The summed E-state index contributed by atoms with van der Waals surface area (Å²) in [7, 11) is 0. The van der Waals surface area contributed by atoms with Crippen LogP contribution in [0.15, 0.2) is 241 Å². The van der Waals surface area contributed by atoms with Gasteiger partial charge in [0.15, 0.2) is 23.0 Å². The molecule has 0 fully saturated rings. The maximum Gasteiger partial charge on any atom is 0.169 e. The standard InChI is InChI=1S/C64H52N2O6/c1-5-23-45(24-6-1)61(46-25-7-2-8-26-46)71-57-43-49-31-13-15-33-51(49)59-60-52-34-16-14-32-50(52)44-58(72-62(47-27-9-3-10-28-47)48-29-11-4-12-30-48)64(60)70-42-22-40-68-56-38-20-18-36-54(56)66-65-53-35-17-19-37-55(53)67-39-21-41-69-63(57)59/h1-20,23-38,43-44,61-62H,21-22,39-42H2. The highest BCUT2D eigenvalue weighted by Gasteiger charge is 2.29. The average Bonchev–Trinajstić information content (AvgIpc) is 3.44. The van der Waals surface area contributed by atoms with Crippen LogP contribution in [0.25, 0.3) is 32.7 Å². The second-order valence-corrected chi connectivity index (χ2v) is 17.5. The molecule has 0 saturated carbocycles. The lowest BCUT2D eigenvalue weighted by Gasteiger charge is -2.27. The molecule has 0 saturated heterocycles.